The van der Waals surface area contributed by atoms with Crippen LogP contribution < -0.4 is 0 Å². The minimum atomic E-state index is 0.415. The molecule has 1 atom stereocenters. The fourth-order valence-corrected chi connectivity index (χ4v) is 4.12. The quantitative estimate of drug-likeness (QED) is 0.528. The Labute approximate surface area is 172 Å². The third-order valence-corrected chi connectivity index (χ3v) is 5.56. The summed E-state index contributed by atoms with van der Waals surface area (Å²) in [6.07, 6.45) is 8.15. The van der Waals surface area contributed by atoms with E-state index in [1.807, 2.05) is 43.3 Å². The highest BCUT2D eigenvalue weighted by Gasteiger charge is 2.26. The van der Waals surface area contributed by atoms with Gasteiger partial charge in [0.2, 0.25) is 0 Å². The summed E-state index contributed by atoms with van der Waals surface area (Å²) < 4.78 is 1.84. The van der Waals surface area contributed by atoms with E-state index in [9.17, 15) is 0 Å². The van der Waals surface area contributed by atoms with Crippen LogP contribution in [0.3, 0.4) is 0 Å². The molecule has 2 heterocycles. The molecule has 3 aromatic rings. The molecule has 0 saturated carbocycles. The van der Waals surface area contributed by atoms with Gasteiger partial charge in [0, 0.05) is 37.6 Å². The zero-order valence-corrected chi connectivity index (χ0v) is 17.1. The molecule has 1 saturated heterocycles. The van der Waals surface area contributed by atoms with E-state index in [1.165, 1.54) is 29.5 Å². The summed E-state index contributed by atoms with van der Waals surface area (Å²) >= 11 is 0. The molecule has 2 aromatic carbocycles. The van der Waals surface area contributed by atoms with Crippen LogP contribution in [0.4, 0.5) is 11.4 Å². The van der Waals surface area contributed by atoms with E-state index < -0.39 is 0 Å². The Morgan fingerprint density at radius 3 is 2.66 bits per heavy atom. The first-order valence-corrected chi connectivity index (χ1v) is 10.1. The van der Waals surface area contributed by atoms with E-state index in [2.05, 4.69) is 63.1 Å². The average molecular weight is 386 g/mol. The second kappa shape index (κ2) is 8.53. The van der Waals surface area contributed by atoms with Crippen LogP contribution >= 0.6 is 0 Å². The second-order valence-electron chi connectivity index (χ2n) is 7.52. The van der Waals surface area contributed by atoms with E-state index in [0.29, 0.717) is 6.04 Å². The fraction of sp³-hybridized carbons (Fsp3) is 0.292. The lowest BCUT2D eigenvalue weighted by molar-refractivity contribution is 0.248. The predicted octanol–water partition coefficient (Wildman–Crippen LogP) is 5.48. The van der Waals surface area contributed by atoms with Gasteiger partial charge in [-0.15, -0.1) is 0 Å². The van der Waals surface area contributed by atoms with Crippen molar-refractivity contribution in [3.05, 3.63) is 66.0 Å². The molecule has 1 aliphatic heterocycles. The summed E-state index contributed by atoms with van der Waals surface area (Å²) in [6.45, 7) is 7.65. The van der Waals surface area contributed by atoms with Gasteiger partial charge in [0.25, 0.3) is 0 Å². The molecule has 1 aromatic heterocycles. The van der Waals surface area contributed by atoms with Gasteiger partial charge in [-0.2, -0.15) is 5.10 Å². The molecule has 0 amide bonds. The minimum absolute atomic E-state index is 0.415. The molecule has 0 radical (unpaired) electrons. The van der Waals surface area contributed by atoms with Gasteiger partial charge >= 0.3 is 0 Å². The normalized spacial score (nSPS) is 17.2. The van der Waals surface area contributed by atoms with Crippen molar-refractivity contribution in [3.8, 4) is 11.1 Å². The van der Waals surface area contributed by atoms with E-state index in [0.717, 1.165) is 30.0 Å². The SMILES string of the molecule is C=Nc1ccc([C@H]2CCCN2Cc2ccc(-c3cnn(C)c3)cc2)cc1N=CC. The molecule has 1 fully saturated rings. The zero-order chi connectivity index (χ0) is 20.2. The Kier molecular flexibility index (Phi) is 5.67. The maximum absolute atomic E-state index is 4.47. The lowest BCUT2D eigenvalue weighted by Crippen LogP contribution is -2.22. The molecule has 5 nitrogen and oxygen atoms in total. The lowest BCUT2D eigenvalue weighted by Gasteiger charge is -2.25. The average Bonchev–Trinajstić information content (AvgIpc) is 3.38. The van der Waals surface area contributed by atoms with Crippen molar-refractivity contribution in [3.63, 3.8) is 0 Å². The van der Waals surface area contributed by atoms with Crippen LogP contribution in [0.25, 0.3) is 11.1 Å². The number of aliphatic imine (C=N–C) groups is 2. The molecule has 1 aliphatic rings. The molecule has 5 heteroatoms. The van der Waals surface area contributed by atoms with Gasteiger partial charge in [-0.1, -0.05) is 30.3 Å². The number of hydrogen-bond donors (Lipinski definition) is 0. The Hall–Kier alpha value is -3.05. The second-order valence-corrected chi connectivity index (χ2v) is 7.52. The summed E-state index contributed by atoms with van der Waals surface area (Å²) in [7, 11) is 1.94. The standard InChI is InChI=1S/C24H27N5/c1-4-26-23-14-20(11-12-22(23)25-2)24-6-5-13-29(24)16-18-7-9-19(10-8-18)21-15-27-28(3)17-21/h4,7-12,14-15,17,24H,2,5-6,13,16H2,1,3H3/t24-/m1/s1. The number of aromatic nitrogens is 2. The van der Waals surface area contributed by atoms with Crippen LogP contribution in [0, 0.1) is 0 Å². The fourth-order valence-electron chi connectivity index (χ4n) is 4.12. The van der Waals surface area contributed by atoms with Gasteiger partial charge in [0.05, 0.1) is 17.6 Å². The summed E-state index contributed by atoms with van der Waals surface area (Å²) in [6, 6.07) is 15.6. The van der Waals surface area contributed by atoms with E-state index >= 15 is 0 Å². The molecule has 0 unspecified atom stereocenters. The molecule has 0 bridgehead atoms. The molecule has 0 spiro atoms. The number of hydrogen-bond acceptors (Lipinski definition) is 4. The topological polar surface area (TPSA) is 45.8 Å². The molecule has 4 rings (SSSR count). The smallest absolute Gasteiger partial charge is 0.0885 e. The molecule has 29 heavy (non-hydrogen) atoms. The summed E-state index contributed by atoms with van der Waals surface area (Å²) in [4.78, 5) is 11.1. The van der Waals surface area contributed by atoms with Crippen molar-refractivity contribution < 1.29 is 0 Å². The third-order valence-electron chi connectivity index (χ3n) is 5.56. The number of likely N-dealkylation sites (tertiary alicyclic amines) is 1. The Bertz CT molecular complexity index is 1020. The predicted molar refractivity (Wildman–Crippen MR) is 121 cm³/mol. The maximum Gasteiger partial charge on any atom is 0.0885 e. The van der Waals surface area contributed by atoms with Crippen molar-refractivity contribution >= 4 is 24.3 Å². The molecular formula is C24H27N5. The minimum Gasteiger partial charge on any atom is -0.292 e. The van der Waals surface area contributed by atoms with E-state index in [1.54, 1.807) is 0 Å². The van der Waals surface area contributed by atoms with Crippen molar-refractivity contribution in [2.24, 2.45) is 17.0 Å². The van der Waals surface area contributed by atoms with Gasteiger partial charge in [0.1, 0.15) is 0 Å². The third kappa shape index (κ3) is 4.20. The highest BCUT2D eigenvalue weighted by Crippen LogP contribution is 2.37. The molecular weight excluding hydrogens is 358 g/mol. The van der Waals surface area contributed by atoms with Crippen LogP contribution in [0.2, 0.25) is 0 Å². The van der Waals surface area contributed by atoms with Crippen LogP contribution in [0.15, 0.2) is 64.8 Å². The van der Waals surface area contributed by atoms with Crippen LogP contribution in [0.5, 0.6) is 0 Å². The lowest BCUT2D eigenvalue weighted by atomic mass is 10.0. The number of benzene rings is 2. The number of nitrogens with zero attached hydrogens (tertiary/aromatic N) is 5. The van der Waals surface area contributed by atoms with Gasteiger partial charge < -0.3 is 0 Å². The van der Waals surface area contributed by atoms with Gasteiger partial charge in [-0.05, 0) is 61.9 Å². The Morgan fingerprint density at radius 2 is 1.97 bits per heavy atom. The molecule has 0 aliphatic carbocycles. The molecule has 0 N–H and O–H groups in total. The first kappa shape index (κ1) is 19.3. The highest BCUT2D eigenvalue weighted by atomic mass is 15.2. The summed E-state index contributed by atoms with van der Waals surface area (Å²) in [5.41, 5.74) is 6.73. The summed E-state index contributed by atoms with van der Waals surface area (Å²) in [5, 5.41) is 4.26. The van der Waals surface area contributed by atoms with Gasteiger partial charge in [-0.25, -0.2) is 0 Å². The maximum atomic E-state index is 4.47. The number of aryl methyl sites for hydroxylation is 1. The van der Waals surface area contributed by atoms with E-state index in [-0.39, 0.29) is 0 Å². The number of rotatable bonds is 6. The van der Waals surface area contributed by atoms with Crippen LogP contribution in [-0.2, 0) is 13.6 Å². The van der Waals surface area contributed by atoms with Crippen molar-refractivity contribution in [2.45, 2.75) is 32.4 Å². The summed E-state index contributed by atoms with van der Waals surface area (Å²) in [5.74, 6) is 0. The van der Waals surface area contributed by atoms with Gasteiger partial charge in [0.15, 0.2) is 0 Å². The largest absolute Gasteiger partial charge is 0.292 e. The van der Waals surface area contributed by atoms with Crippen LogP contribution in [0.1, 0.15) is 36.9 Å². The van der Waals surface area contributed by atoms with Crippen molar-refractivity contribution in [1.82, 2.24) is 14.7 Å². The van der Waals surface area contributed by atoms with E-state index in [4.69, 9.17) is 0 Å². The first-order valence-electron chi connectivity index (χ1n) is 10.1. The van der Waals surface area contributed by atoms with Crippen LogP contribution in [-0.4, -0.2) is 34.2 Å². The highest BCUT2D eigenvalue weighted by molar-refractivity contribution is 5.71. The zero-order valence-electron chi connectivity index (χ0n) is 17.1. The first-order chi connectivity index (χ1) is 14.2. The monoisotopic (exact) mass is 385 g/mol. The Balaban J connectivity index is 1.52. The Morgan fingerprint density at radius 1 is 1.14 bits per heavy atom. The van der Waals surface area contributed by atoms with Crippen molar-refractivity contribution in [1.29, 1.82) is 0 Å². The van der Waals surface area contributed by atoms with Crippen molar-refractivity contribution in [2.75, 3.05) is 6.54 Å². The molecule has 148 valence electrons. The van der Waals surface area contributed by atoms with Gasteiger partial charge in [-0.3, -0.25) is 19.6 Å².